The van der Waals surface area contributed by atoms with Crippen LogP contribution in [0.25, 0.3) is 0 Å². The van der Waals surface area contributed by atoms with Gasteiger partial charge >= 0.3 is 0 Å². The summed E-state index contributed by atoms with van der Waals surface area (Å²) in [7, 11) is 0. The van der Waals surface area contributed by atoms with Crippen LogP contribution in [-0.4, -0.2) is 31.4 Å². The van der Waals surface area contributed by atoms with Crippen LogP contribution >= 0.6 is 0 Å². The Morgan fingerprint density at radius 2 is 2.00 bits per heavy atom. The molecule has 0 aromatic carbocycles. The van der Waals surface area contributed by atoms with Gasteiger partial charge in [-0.3, -0.25) is 4.90 Å². The van der Waals surface area contributed by atoms with Gasteiger partial charge in [0, 0.05) is 30.2 Å². The summed E-state index contributed by atoms with van der Waals surface area (Å²) in [6.45, 7) is 2.04. The van der Waals surface area contributed by atoms with Crippen molar-refractivity contribution < 1.29 is 0 Å². The van der Waals surface area contributed by atoms with E-state index >= 15 is 0 Å². The summed E-state index contributed by atoms with van der Waals surface area (Å²) in [5.41, 5.74) is 3.87. The average Bonchev–Trinajstić information content (AvgIpc) is 3.14. The summed E-state index contributed by atoms with van der Waals surface area (Å²) in [4.78, 5) is 19.2. The minimum absolute atomic E-state index is 0.427. The lowest BCUT2D eigenvalue weighted by atomic mass is 10.0. The van der Waals surface area contributed by atoms with Gasteiger partial charge in [-0.1, -0.05) is 0 Å². The fourth-order valence-electron chi connectivity index (χ4n) is 3.60. The second-order valence-corrected chi connectivity index (χ2v) is 6.13. The third-order valence-corrected chi connectivity index (χ3v) is 4.65. The maximum absolute atomic E-state index is 4.90. The Kier molecular flexibility index (Phi) is 3.43. The molecule has 1 N–H and O–H groups in total. The molecule has 3 heterocycles. The molecule has 1 fully saturated rings. The number of aromatic amines is 1. The van der Waals surface area contributed by atoms with Crippen LogP contribution in [0, 0.1) is 0 Å². The van der Waals surface area contributed by atoms with E-state index in [-0.39, 0.29) is 0 Å². The van der Waals surface area contributed by atoms with Crippen molar-refractivity contribution in [2.24, 2.45) is 0 Å². The van der Waals surface area contributed by atoms with Gasteiger partial charge in [-0.05, 0) is 45.1 Å². The summed E-state index contributed by atoms with van der Waals surface area (Å²) in [5, 5.41) is 0. The highest BCUT2D eigenvalue weighted by Crippen LogP contribution is 2.33. The van der Waals surface area contributed by atoms with Gasteiger partial charge in [0.1, 0.15) is 12.2 Å². The molecule has 0 radical (unpaired) electrons. The monoisotopic (exact) mass is 283 g/mol. The molecule has 1 saturated heterocycles. The van der Waals surface area contributed by atoms with E-state index in [0.717, 1.165) is 19.5 Å². The summed E-state index contributed by atoms with van der Waals surface area (Å²) in [5.74, 6) is 1.18. The standard InChI is InChI=1S/C16H21N5/c1-2-5-14-13(4-1)19-16(20-14)15-6-3-7-21(15)10-12-8-17-11-18-9-12/h8-9,11,15H,1-7,10H2,(H,19,20)/t15-/m1/s1. The SMILES string of the molecule is c1ncc(CN2CCC[C@@H]2c2nc3c([nH]2)CCCC3)cn1. The van der Waals surface area contributed by atoms with Crippen LogP contribution in [0.3, 0.4) is 0 Å². The van der Waals surface area contributed by atoms with Gasteiger partial charge in [-0.15, -0.1) is 0 Å². The molecule has 2 aromatic rings. The van der Waals surface area contributed by atoms with Crippen LogP contribution in [0.5, 0.6) is 0 Å². The molecule has 4 rings (SSSR count). The van der Waals surface area contributed by atoms with Crippen LogP contribution in [0.2, 0.25) is 0 Å². The number of aromatic nitrogens is 4. The lowest BCUT2D eigenvalue weighted by Gasteiger charge is -2.22. The van der Waals surface area contributed by atoms with Gasteiger partial charge in [0.15, 0.2) is 0 Å². The molecule has 0 amide bonds. The summed E-state index contributed by atoms with van der Waals surface area (Å²) in [6.07, 6.45) is 12.7. The second kappa shape index (κ2) is 5.56. The molecule has 110 valence electrons. The maximum atomic E-state index is 4.90. The molecule has 1 aliphatic heterocycles. The molecule has 1 aliphatic carbocycles. The van der Waals surface area contributed by atoms with Gasteiger partial charge in [0.05, 0.1) is 11.7 Å². The van der Waals surface area contributed by atoms with E-state index in [4.69, 9.17) is 4.98 Å². The third kappa shape index (κ3) is 2.58. The molecule has 0 bridgehead atoms. The Morgan fingerprint density at radius 3 is 2.86 bits per heavy atom. The Hall–Kier alpha value is -1.75. The van der Waals surface area contributed by atoms with Crippen LogP contribution in [-0.2, 0) is 19.4 Å². The molecule has 2 aromatic heterocycles. The van der Waals surface area contributed by atoms with Gasteiger partial charge in [-0.2, -0.15) is 0 Å². The van der Waals surface area contributed by atoms with E-state index < -0.39 is 0 Å². The van der Waals surface area contributed by atoms with Gasteiger partial charge in [0.2, 0.25) is 0 Å². The molecule has 0 saturated carbocycles. The molecule has 0 unspecified atom stereocenters. The van der Waals surface area contributed by atoms with Crippen molar-refractivity contribution in [3.05, 3.63) is 41.5 Å². The Labute approximate surface area is 124 Å². The van der Waals surface area contributed by atoms with E-state index in [1.165, 1.54) is 54.9 Å². The van der Waals surface area contributed by atoms with E-state index in [2.05, 4.69) is 19.9 Å². The number of H-pyrrole nitrogens is 1. The topological polar surface area (TPSA) is 57.7 Å². The zero-order chi connectivity index (χ0) is 14.1. The van der Waals surface area contributed by atoms with E-state index in [1.807, 2.05) is 12.4 Å². The van der Waals surface area contributed by atoms with Gasteiger partial charge in [0.25, 0.3) is 0 Å². The van der Waals surface area contributed by atoms with Crippen molar-refractivity contribution in [3.63, 3.8) is 0 Å². The van der Waals surface area contributed by atoms with Crippen LogP contribution in [0.1, 0.15) is 54.5 Å². The van der Waals surface area contributed by atoms with Crippen molar-refractivity contribution in [1.82, 2.24) is 24.8 Å². The van der Waals surface area contributed by atoms with E-state index in [1.54, 1.807) is 6.33 Å². The zero-order valence-corrected chi connectivity index (χ0v) is 12.3. The minimum Gasteiger partial charge on any atom is -0.344 e. The van der Waals surface area contributed by atoms with Gasteiger partial charge < -0.3 is 4.98 Å². The molecule has 2 aliphatic rings. The van der Waals surface area contributed by atoms with Crippen LogP contribution in [0.15, 0.2) is 18.7 Å². The zero-order valence-electron chi connectivity index (χ0n) is 12.3. The van der Waals surface area contributed by atoms with Crippen molar-refractivity contribution in [1.29, 1.82) is 0 Å². The smallest absolute Gasteiger partial charge is 0.124 e. The molecule has 5 heteroatoms. The quantitative estimate of drug-likeness (QED) is 0.940. The van der Waals surface area contributed by atoms with Crippen molar-refractivity contribution in [3.8, 4) is 0 Å². The minimum atomic E-state index is 0.427. The summed E-state index contributed by atoms with van der Waals surface area (Å²) in [6, 6.07) is 0.427. The first-order valence-electron chi connectivity index (χ1n) is 7.96. The number of nitrogens with zero attached hydrogens (tertiary/aromatic N) is 4. The largest absolute Gasteiger partial charge is 0.344 e. The Morgan fingerprint density at radius 1 is 1.14 bits per heavy atom. The summed E-state index contributed by atoms with van der Waals surface area (Å²) >= 11 is 0. The third-order valence-electron chi connectivity index (χ3n) is 4.65. The highest BCUT2D eigenvalue weighted by Gasteiger charge is 2.29. The number of imidazole rings is 1. The van der Waals surface area contributed by atoms with Gasteiger partial charge in [-0.25, -0.2) is 15.0 Å². The molecule has 21 heavy (non-hydrogen) atoms. The molecule has 0 spiro atoms. The number of aryl methyl sites for hydroxylation is 2. The lowest BCUT2D eigenvalue weighted by Crippen LogP contribution is -2.23. The predicted octanol–water partition coefficient (Wildman–Crippen LogP) is 2.42. The number of hydrogen-bond acceptors (Lipinski definition) is 4. The van der Waals surface area contributed by atoms with E-state index in [0.29, 0.717) is 6.04 Å². The molecule has 5 nitrogen and oxygen atoms in total. The molecular formula is C16H21N5. The Bertz CT molecular complexity index is 583. The van der Waals surface area contributed by atoms with E-state index in [9.17, 15) is 0 Å². The highest BCUT2D eigenvalue weighted by atomic mass is 15.2. The normalized spacial score (nSPS) is 22.4. The number of hydrogen-bond donors (Lipinski definition) is 1. The first kappa shape index (κ1) is 13.0. The average molecular weight is 283 g/mol. The number of likely N-dealkylation sites (tertiary alicyclic amines) is 1. The predicted molar refractivity (Wildman–Crippen MR) is 79.6 cm³/mol. The van der Waals surface area contributed by atoms with Crippen LogP contribution < -0.4 is 0 Å². The number of fused-ring (bicyclic) bond motifs is 1. The first-order valence-corrected chi connectivity index (χ1v) is 7.96. The fourth-order valence-corrected chi connectivity index (χ4v) is 3.60. The number of rotatable bonds is 3. The molecular weight excluding hydrogens is 262 g/mol. The summed E-state index contributed by atoms with van der Waals surface area (Å²) < 4.78 is 0. The highest BCUT2D eigenvalue weighted by molar-refractivity contribution is 5.20. The van der Waals surface area contributed by atoms with Crippen molar-refractivity contribution in [2.45, 2.75) is 51.1 Å². The van der Waals surface area contributed by atoms with Crippen molar-refractivity contribution in [2.75, 3.05) is 6.54 Å². The second-order valence-electron chi connectivity index (χ2n) is 6.13. The lowest BCUT2D eigenvalue weighted by molar-refractivity contribution is 0.240. The van der Waals surface area contributed by atoms with Crippen LogP contribution in [0.4, 0.5) is 0 Å². The number of nitrogens with one attached hydrogen (secondary N) is 1. The first-order chi connectivity index (χ1) is 10.4. The Balaban J connectivity index is 1.54. The maximum Gasteiger partial charge on any atom is 0.124 e. The van der Waals surface area contributed by atoms with Crippen molar-refractivity contribution >= 4 is 0 Å². The molecule has 1 atom stereocenters. The fraction of sp³-hybridized carbons (Fsp3) is 0.562.